The minimum absolute atomic E-state index is 0.778. The van der Waals surface area contributed by atoms with E-state index in [1.54, 1.807) is 6.20 Å². The molecule has 1 aliphatic rings. The summed E-state index contributed by atoms with van der Waals surface area (Å²) >= 11 is 0. The molecule has 1 aliphatic heterocycles. The van der Waals surface area contributed by atoms with Crippen molar-refractivity contribution in [1.29, 1.82) is 0 Å². The highest BCUT2D eigenvalue weighted by Crippen LogP contribution is 2.13. The van der Waals surface area contributed by atoms with E-state index < -0.39 is 0 Å². The third-order valence-electron chi connectivity index (χ3n) is 2.37. The topological polar surface area (TPSA) is 57.4 Å². The lowest BCUT2D eigenvalue weighted by atomic mass is 10.2. The molecule has 4 nitrogen and oxygen atoms in total. The first-order valence-electron chi connectivity index (χ1n) is 5.62. The van der Waals surface area contributed by atoms with Crippen LogP contribution in [-0.2, 0) is 9.47 Å². The van der Waals surface area contributed by atoms with Crippen molar-refractivity contribution in [2.75, 3.05) is 32.2 Å². The lowest BCUT2D eigenvalue weighted by Gasteiger charge is -2.09. The summed E-state index contributed by atoms with van der Waals surface area (Å²) in [6.45, 7) is 3.11. The predicted octanol–water partition coefficient (Wildman–Crippen LogP) is 1.85. The number of aromatic nitrogens is 1. The van der Waals surface area contributed by atoms with Gasteiger partial charge in [-0.2, -0.15) is 0 Å². The highest BCUT2D eigenvalue weighted by atomic mass is 16.6. The molecule has 2 aromatic rings. The van der Waals surface area contributed by atoms with E-state index in [1.165, 1.54) is 0 Å². The highest BCUT2D eigenvalue weighted by molar-refractivity contribution is 5.81. The molecule has 4 heteroatoms. The second kappa shape index (κ2) is 6.18. The van der Waals surface area contributed by atoms with Gasteiger partial charge in [0.2, 0.25) is 0 Å². The largest absolute Gasteiger partial charge is 0.399 e. The van der Waals surface area contributed by atoms with E-state index in [2.05, 4.69) is 4.98 Å². The van der Waals surface area contributed by atoms with Crippen molar-refractivity contribution in [3.63, 3.8) is 0 Å². The highest BCUT2D eigenvalue weighted by Gasteiger charge is 1.94. The van der Waals surface area contributed by atoms with Gasteiger partial charge in [0.15, 0.2) is 0 Å². The zero-order chi connectivity index (χ0) is 11.9. The summed E-state index contributed by atoms with van der Waals surface area (Å²) in [4.78, 5) is 4.17. The maximum absolute atomic E-state index is 5.60. The number of ether oxygens (including phenoxy) is 2. The van der Waals surface area contributed by atoms with Gasteiger partial charge >= 0.3 is 0 Å². The summed E-state index contributed by atoms with van der Waals surface area (Å²) in [6.07, 6.45) is 1.78. The molecule has 90 valence electrons. The first-order chi connectivity index (χ1) is 8.36. The second-order valence-corrected chi connectivity index (χ2v) is 3.68. The van der Waals surface area contributed by atoms with Crippen molar-refractivity contribution in [3.8, 4) is 0 Å². The molecule has 0 aliphatic carbocycles. The Morgan fingerprint density at radius 1 is 1.00 bits per heavy atom. The van der Waals surface area contributed by atoms with Gasteiger partial charge in [-0.3, -0.25) is 4.98 Å². The maximum atomic E-state index is 5.60. The monoisotopic (exact) mass is 232 g/mol. The van der Waals surface area contributed by atoms with Gasteiger partial charge in [0.05, 0.1) is 31.9 Å². The Morgan fingerprint density at radius 3 is 2.35 bits per heavy atom. The third-order valence-corrected chi connectivity index (χ3v) is 2.37. The van der Waals surface area contributed by atoms with Crippen molar-refractivity contribution in [3.05, 3.63) is 36.5 Å². The smallest absolute Gasteiger partial charge is 0.0703 e. The van der Waals surface area contributed by atoms with Crippen LogP contribution in [0, 0.1) is 0 Å². The molecule has 2 heterocycles. The molecule has 0 bridgehead atoms. The molecule has 0 atom stereocenters. The number of hydrogen-bond donors (Lipinski definition) is 1. The number of nitrogens with zero attached hydrogens (tertiary/aromatic N) is 1. The van der Waals surface area contributed by atoms with Crippen molar-refractivity contribution in [2.24, 2.45) is 0 Å². The fraction of sp³-hybridized carbons (Fsp3) is 0.308. The number of nitrogens with two attached hydrogens (primary N) is 1. The summed E-state index contributed by atoms with van der Waals surface area (Å²) in [7, 11) is 0. The lowest BCUT2D eigenvalue weighted by Crippen LogP contribution is -2.16. The molecule has 0 spiro atoms. The molecule has 3 rings (SSSR count). The number of nitrogen functional groups attached to an aromatic ring is 1. The summed E-state index contributed by atoms with van der Waals surface area (Å²) < 4.78 is 9.89. The Morgan fingerprint density at radius 2 is 1.71 bits per heavy atom. The fourth-order valence-corrected chi connectivity index (χ4v) is 1.53. The van der Waals surface area contributed by atoms with Crippen LogP contribution in [0.1, 0.15) is 0 Å². The average Bonchev–Trinajstić information content (AvgIpc) is 2.41. The average molecular weight is 232 g/mol. The zero-order valence-corrected chi connectivity index (χ0v) is 9.63. The molecular weight excluding hydrogens is 216 g/mol. The standard InChI is InChI=1S/C9H8N2.C4H8O2/c10-8-3-4-9-7(6-8)2-1-5-11-9;1-2-6-4-3-5-1/h1-6H,10H2;1-4H2. The van der Waals surface area contributed by atoms with Crippen molar-refractivity contribution in [1.82, 2.24) is 4.98 Å². The van der Waals surface area contributed by atoms with Crippen molar-refractivity contribution < 1.29 is 9.47 Å². The zero-order valence-electron chi connectivity index (χ0n) is 9.63. The van der Waals surface area contributed by atoms with Crippen LogP contribution >= 0.6 is 0 Å². The molecule has 1 aromatic heterocycles. The van der Waals surface area contributed by atoms with E-state index in [0.29, 0.717) is 0 Å². The molecule has 1 saturated heterocycles. The van der Waals surface area contributed by atoms with Gasteiger partial charge in [0.25, 0.3) is 0 Å². The number of hydrogen-bond acceptors (Lipinski definition) is 4. The molecular formula is C13H16N2O2. The summed E-state index contributed by atoms with van der Waals surface area (Å²) in [6, 6.07) is 9.60. The molecule has 0 unspecified atom stereocenters. The third kappa shape index (κ3) is 3.69. The van der Waals surface area contributed by atoms with Crippen LogP contribution in [0.25, 0.3) is 10.9 Å². The summed E-state index contributed by atoms with van der Waals surface area (Å²) in [5.74, 6) is 0. The minimum atomic E-state index is 0.778. The van der Waals surface area contributed by atoms with Gasteiger partial charge in [-0.1, -0.05) is 6.07 Å². The minimum Gasteiger partial charge on any atom is -0.399 e. The number of anilines is 1. The molecule has 1 aromatic carbocycles. The number of fused-ring (bicyclic) bond motifs is 1. The van der Waals surface area contributed by atoms with Crippen molar-refractivity contribution in [2.45, 2.75) is 0 Å². The van der Waals surface area contributed by atoms with E-state index in [0.717, 1.165) is 43.0 Å². The molecule has 2 N–H and O–H groups in total. The van der Waals surface area contributed by atoms with Crippen LogP contribution in [0.4, 0.5) is 5.69 Å². The quantitative estimate of drug-likeness (QED) is 0.704. The van der Waals surface area contributed by atoms with Gasteiger partial charge in [-0.05, 0) is 24.3 Å². The normalized spacial score (nSPS) is 15.1. The van der Waals surface area contributed by atoms with E-state index in [4.69, 9.17) is 15.2 Å². The first-order valence-corrected chi connectivity index (χ1v) is 5.62. The number of pyridine rings is 1. The van der Waals surface area contributed by atoms with E-state index in [1.807, 2.05) is 30.3 Å². The Kier molecular flexibility index (Phi) is 4.30. The Bertz CT molecular complexity index is 458. The molecule has 0 saturated carbocycles. The van der Waals surface area contributed by atoms with E-state index in [-0.39, 0.29) is 0 Å². The van der Waals surface area contributed by atoms with Crippen LogP contribution in [0.2, 0.25) is 0 Å². The van der Waals surface area contributed by atoms with E-state index in [9.17, 15) is 0 Å². The molecule has 0 radical (unpaired) electrons. The summed E-state index contributed by atoms with van der Waals surface area (Å²) in [5.41, 5.74) is 7.37. The van der Waals surface area contributed by atoms with Crippen LogP contribution in [0.3, 0.4) is 0 Å². The Labute approximate surface area is 100 Å². The van der Waals surface area contributed by atoms with Crippen LogP contribution in [-0.4, -0.2) is 31.4 Å². The fourth-order valence-electron chi connectivity index (χ4n) is 1.53. The summed E-state index contributed by atoms with van der Waals surface area (Å²) in [5, 5.41) is 1.09. The molecule has 0 amide bonds. The van der Waals surface area contributed by atoms with Gasteiger partial charge < -0.3 is 15.2 Å². The number of rotatable bonds is 0. The molecule has 1 fully saturated rings. The van der Waals surface area contributed by atoms with Gasteiger partial charge in [0.1, 0.15) is 0 Å². The van der Waals surface area contributed by atoms with Crippen molar-refractivity contribution >= 4 is 16.6 Å². The van der Waals surface area contributed by atoms with Gasteiger partial charge in [-0.15, -0.1) is 0 Å². The van der Waals surface area contributed by atoms with Crippen LogP contribution < -0.4 is 5.73 Å². The van der Waals surface area contributed by atoms with Gasteiger partial charge in [0, 0.05) is 17.3 Å². The predicted molar refractivity (Wildman–Crippen MR) is 67.8 cm³/mol. The van der Waals surface area contributed by atoms with Crippen LogP contribution in [0.5, 0.6) is 0 Å². The van der Waals surface area contributed by atoms with Crippen LogP contribution in [0.15, 0.2) is 36.5 Å². The lowest BCUT2D eigenvalue weighted by molar-refractivity contribution is -0.0334. The molecule has 17 heavy (non-hydrogen) atoms. The SMILES string of the molecule is C1COCCO1.Nc1ccc2ncccc2c1. The Hall–Kier alpha value is -1.65. The first kappa shape index (κ1) is 11.8. The number of benzene rings is 1. The Balaban J connectivity index is 0.000000153. The van der Waals surface area contributed by atoms with E-state index >= 15 is 0 Å². The van der Waals surface area contributed by atoms with Gasteiger partial charge in [-0.25, -0.2) is 0 Å². The maximum Gasteiger partial charge on any atom is 0.0703 e. The second-order valence-electron chi connectivity index (χ2n) is 3.68.